The number of aromatic amines is 1. The SMILES string of the molecule is O=C(O)C(=O)O.OC[C@@H](Cc1c[nH]c2ccccc12)NCC(O)c1cccc(Cl)c1. The number of nitrogens with one attached hydrogen (secondary N) is 2. The third kappa shape index (κ3) is 6.85. The van der Waals surface area contributed by atoms with Gasteiger partial charge in [-0.25, -0.2) is 9.59 Å². The molecule has 160 valence electrons. The summed E-state index contributed by atoms with van der Waals surface area (Å²) in [5, 5.41) is 39.7. The molecule has 9 heteroatoms. The third-order valence-corrected chi connectivity index (χ3v) is 4.61. The number of halogens is 1. The number of carbonyl (C=O) groups is 2. The molecule has 0 bridgehead atoms. The zero-order chi connectivity index (χ0) is 22.1. The molecule has 1 aromatic heterocycles. The quantitative estimate of drug-likeness (QED) is 0.313. The number of aromatic nitrogens is 1. The van der Waals surface area contributed by atoms with E-state index in [2.05, 4.69) is 16.4 Å². The third-order valence-electron chi connectivity index (χ3n) is 4.38. The average molecular weight is 435 g/mol. The van der Waals surface area contributed by atoms with Gasteiger partial charge < -0.3 is 30.7 Å². The first kappa shape index (κ1) is 23.4. The van der Waals surface area contributed by atoms with Crippen LogP contribution in [0, 0.1) is 0 Å². The molecular weight excluding hydrogens is 412 g/mol. The molecule has 0 spiro atoms. The highest BCUT2D eigenvalue weighted by atomic mass is 35.5. The van der Waals surface area contributed by atoms with E-state index in [1.165, 1.54) is 0 Å². The predicted molar refractivity (Wildman–Crippen MR) is 113 cm³/mol. The molecule has 0 amide bonds. The number of carboxylic acids is 2. The maximum Gasteiger partial charge on any atom is 0.414 e. The molecule has 1 heterocycles. The summed E-state index contributed by atoms with van der Waals surface area (Å²) in [5.41, 5.74) is 3.00. The number of aliphatic hydroxyl groups excluding tert-OH is 2. The fourth-order valence-corrected chi connectivity index (χ4v) is 3.08. The van der Waals surface area contributed by atoms with Crippen molar-refractivity contribution in [3.05, 3.63) is 70.9 Å². The Balaban J connectivity index is 0.000000469. The minimum absolute atomic E-state index is 0.00176. The highest BCUT2D eigenvalue weighted by molar-refractivity contribution is 6.30. The lowest BCUT2D eigenvalue weighted by atomic mass is 10.0. The summed E-state index contributed by atoms with van der Waals surface area (Å²) in [6, 6.07) is 15.1. The van der Waals surface area contributed by atoms with Gasteiger partial charge in [0, 0.05) is 34.7 Å². The molecule has 1 unspecified atom stereocenters. The van der Waals surface area contributed by atoms with Crippen molar-refractivity contribution in [1.29, 1.82) is 0 Å². The van der Waals surface area contributed by atoms with Crippen molar-refractivity contribution in [3.8, 4) is 0 Å². The van der Waals surface area contributed by atoms with Crippen LogP contribution in [0.4, 0.5) is 0 Å². The van der Waals surface area contributed by atoms with Crippen molar-refractivity contribution < 1.29 is 30.0 Å². The van der Waals surface area contributed by atoms with E-state index < -0.39 is 18.0 Å². The van der Waals surface area contributed by atoms with E-state index in [0.717, 1.165) is 22.0 Å². The molecule has 3 aromatic rings. The van der Waals surface area contributed by atoms with Crippen LogP contribution < -0.4 is 5.32 Å². The van der Waals surface area contributed by atoms with Gasteiger partial charge in [-0.1, -0.05) is 41.9 Å². The van der Waals surface area contributed by atoms with Crippen molar-refractivity contribution in [3.63, 3.8) is 0 Å². The van der Waals surface area contributed by atoms with Gasteiger partial charge in [0.2, 0.25) is 0 Å². The van der Waals surface area contributed by atoms with Crippen LogP contribution in [0.3, 0.4) is 0 Å². The van der Waals surface area contributed by atoms with Crippen molar-refractivity contribution >= 4 is 34.4 Å². The van der Waals surface area contributed by atoms with Gasteiger partial charge in [-0.2, -0.15) is 0 Å². The molecule has 2 aromatic carbocycles. The molecular formula is C21H23ClN2O6. The second kappa shape index (κ2) is 11.3. The molecule has 0 saturated heterocycles. The monoisotopic (exact) mass is 434 g/mol. The first-order chi connectivity index (χ1) is 14.3. The number of aliphatic hydroxyl groups is 2. The lowest BCUT2D eigenvalue weighted by molar-refractivity contribution is -0.159. The molecule has 0 aliphatic carbocycles. The van der Waals surface area contributed by atoms with E-state index in [4.69, 9.17) is 31.4 Å². The van der Waals surface area contributed by atoms with E-state index in [1.807, 2.05) is 36.5 Å². The summed E-state index contributed by atoms with van der Waals surface area (Å²) in [4.78, 5) is 21.4. The maximum absolute atomic E-state index is 10.3. The second-order valence-electron chi connectivity index (χ2n) is 6.53. The number of hydrogen-bond acceptors (Lipinski definition) is 5. The molecule has 6 N–H and O–H groups in total. The van der Waals surface area contributed by atoms with Crippen molar-refractivity contribution in [2.45, 2.75) is 18.6 Å². The van der Waals surface area contributed by atoms with Crippen LogP contribution in [0.25, 0.3) is 10.9 Å². The number of benzene rings is 2. The topological polar surface area (TPSA) is 143 Å². The van der Waals surface area contributed by atoms with E-state index >= 15 is 0 Å². The van der Waals surface area contributed by atoms with Crippen LogP contribution in [-0.2, 0) is 16.0 Å². The Labute approximate surface area is 177 Å². The normalized spacial score (nSPS) is 12.6. The number of carboxylic acid groups (broad SMARTS) is 2. The van der Waals surface area contributed by atoms with Crippen LogP contribution in [0.5, 0.6) is 0 Å². The Morgan fingerprint density at radius 2 is 1.77 bits per heavy atom. The highest BCUT2D eigenvalue weighted by Crippen LogP contribution is 2.20. The summed E-state index contributed by atoms with van der Waals surface area (Å²) in [6.07, 6.45) is 1.99. The Kier molecular flexibility index (Phi) is 8.82. The minimum Gasteiger partial charge on any atom is -0.473 e. The first-order valence-electron chi connectivity index (χ1n) is 9.10. The lowest BCUT2D eigenvalue weighted by Crippen LogP contribution is -2.37. The fourth-order valence-electron chi connectivity index (χ4n) is 2.88. The summed E-state index contributed by atoms with van der Waals surface area (Å²) in [7, 11) is 0. The maximum atomic E-state index is 10.3. The van der Waals surface area contributed by atoms with Crippen LogP contribution in [0.15, 0.2) is 54.7 Å². The molecule has 0 aliphatic heterocycles. The van der Waals surface area contributed by atoms with Gasteiger partial charge >= 0.3 is 11.9 Å². The number of hydrogen-bond donors (Lipinski definition) is 6. The molecule has 0 saturated carbocycles. The van der Waals surface area contributed by atoms with Gasteiger partial charge in [-0.05, 0) is 35.7 Å². The average Bonchev–Trinajstić information content (AvgIpc) is 3.14. The van der Waals surface area contributed by atoms with Crippen molar-refractivity contribution in [2.24, 2.45) is 0 Å². The largest absolute Gasteiger partial charge is 0.473 e. The minimum atomic E-state index is -1.82. The van der Waals surface area contributed by atoms with Gasteiger partial charge in [-0.3, -0.25) is 0 Å². The smallest absolute Gasteiger partial charge is 0.414 e. The molecule has 30 heavy (non-hydrogen) atoms. The van der Waals surface area contributed by atoms with Crippen LogP contribution in [0.1, 0.15) is 17.2 Å². The van der Waals surface area contributed by atoms with Gasteiger partial charge in [-0.15, -0.1) is 0 Å². The van der Waals surface area contributed by atoms with E-state index in [-0.39, 0.29) is 12.6 Å². The summed E-state index contributed by atoms with van der Waals surface area (Å²) < 4.78 is 0. The van der Waals surface area contributed by atoms with Crippen LogP contribution in [-0.4, -0.2) is 56.5 Å². The first-order valence-corrected chi connectivity index (χ1v) is 9.48. The van der Waals surface area contributed by atoms with Crippen molar-refractivity contribution in [1.82, 2.24) is 10.3 Å². The van der Waals surface area contributed by atoms with Crippen LogP contribution >= 0.6 is 11.6 Å². The Hall–Kier alpha value is -2.91. The fraction of sp³-hybridized carbons (Fsp3) is 0.238. The molecule has 0 radical (unpaired) electrons. The summed E-state index contributed by atoms with van der Waals surface area (Å²) in [6.45, 7) is 0.357. The highest BCUT2D eigenvalue weighted by Gasteiger charge is 2.14. The molecule has 3 rings (SSSR count). The van der Waals surface area contributed by atoms with Gasteiger partial charge in [0.25, 0.3) is 0 Å². The number of aliphatic carboxylic acids is 2. The van der Waals surface area contributed by atoms with Gasteiger partial charge in [0.05, 0.1) is 12.7 Å². The molecule has 0 aliphatic rings. The van der Waals surface area contributed by atoms with E-state index in [9.17, 15) is 10.2 Å². The predicted octanol–water partition coefficient (Wildman–Crippen LogP) is 2.20. The zero-order valence-corrected chi connectivity index (χ0v) is 16.7. The zero-order valence-electron chi connectivity index (χ0n) is 16.0. The Bertz CT molecular complexity index is 978. The number of para-hydroxylation sites is 1. The molecule has 8 nitrogen and oxygen atoms in total. The summed E-state index contributed by atoms with van der Waals surface area (Å²) in [5.74, 6) is -3.65. The van der Waals surface area contributed by atoms with Gasteiger partial charge in [0.1, 0.15) is 0 Å². The number of H-pyrrole nitrogens is 1. The molecule has 2 atom stereocenters. The van der Waals surface area contributed by atoms with E-state index in [0.29, 0.717) is 18.0 Å². The number of rotatable bonds is 7. The van der Waals surface area contributed by atoms with Crippen LogP contribution in [0.2, 0.25) is 5.02 Å². The second-order valence-corrected chi connectivity index (χ2v) is 6.97. The standard InChI is InChI=1S/C19H21ClN2O2.C2H2O4/c20-15-5-3-4-13(8-15)19(24)11-21-16(12-23)9-14-10-22-18-7-2-1-6-17(14)18;3-1(4)2(5)6/h1-8,10,16,19,21-24H,9,11-12H2;(H,3,4)(H,5,6)/t16-,19?;/m1./s1. The Morgan fingerprint density at radius 1 is 1.07 bits per heavy atom. The van der Waals surface area contributed by atoms with Crippen molar-refractivity contribution in [2.75, 3.05) is 13.2 Å². The Morgan fingerprint density at radius 3 is 2.40 bits per heavy atom. The lowest BCUT2D eigenvalue weighted by Gasteiger charge is -2.19. The number of fused-ring (bicyclic) bond motifs is 1. The van der Waals surface area contributed by atoms with Gasteiger partial charge in [0.15, 0.2) is 0 Å². The summed E-state index contributed by atoms with van der Waals surface area (Å²) >= 11 is 5.95. The van der Waals surface area contributed by atoms with E-state index in [1.54, 1.807) is 12.1 Å². The molecule has 0 fully saturated rings.